The first-order valence-corrected chi connectivity index (χ1v) is 11.7. The van der Waals surface area contributed by atoms with Crippen molar-refractivity contribution in [1.29, 1.82) is 0 Å². The molecule has 7 heteroatoms. The van der Waals surface area contributed by atoms with E-state index in [4.69, 9.17) is 0 Å². The van der Waals surface area contributed by atoms with E-state index in [-0.39, 0.29) is 11.9 Å². The van der Waals surface area contributed by atoms with Gasteiger partial charge < -0.3 is 10.6 Å². The van der Waals surface area contributed by atoms with Crippen LogP contribution in [-0.2, 0) is 21.2 Å². The second-order valence-electron chi connectivity index (χ2n) is 7.98. The van der Waals surface area contributed by atoms with Gasteiger partial charge >= 0.3 is 0 Å². The summed E-state index contributed by atoms with van der Waals surface area (Å²) in [6.07, 6.45) is 6.38. The third-order valence-corrected chi connectivity index (χ3v) is 8.48. The summed E-state index contributed by atoms with van der Waals surface area (Å²) in [5, 5.41) is 5.81. The molecule has 3 atom stereocenters. The molecule has 0 saturated carbocycles. The van der Waals surface area contributed by atoms with Crippen LogP contribution >= 0.6 is 0 Å². The summed E-state index contributed by atoms with van der Waals surface area (Å²) in [6, 6.07) is 7.87. The van der Waals surface area contributed by atoms with E-state index in [0.717, 1.165) is 38.5 Å². The summed E-state index contributed by atoms with van der Waals surface area (Å²) in [7, 11) is -3.32. The van der Waals surface area contributed by atoms with Gasteiger partial charge in [0.1, 0.15) is 0 Å². The predicted octanol–water partition coefficient (Wildman–Crippen LogP) is 1.73. The fourth-order valence-corrected chi connectivity index (χ4v) is 6.57. The highest BCUT2D eigenvalue weighted by Crippen LogP contribution is 2.30. The fraction of sp³-hybridized carbons (Fsp3) is 0.650. The van der Waals surface area contributed by atoms with Gasteiger partial charge in [0.2, 0.25) is 15.9 Å². The van der Waals surface area contributed by atoms with Gasteiger partial charge in [0.05, 0.1) is 17.3 Å². The van der Waals surface area contributed by atoms with Crippen LogP contribution in [0.3, 0.4) is 0 Å². The normalized spacial score (nSPS) is 29.3. The van der Waals surface area contributed by atoms with Gasteiger partial charge in [0.25, 0.3) is 0 Å². The Kier molecular flexibility index (Phi) is 5.53. The Morgan fingerprint density at radius 2 is 1.89 bits per heavy atom. The van der Waals surface area contributed by atoms with Crippen LogP contribution in [0.4, 0.5) is 0 Å². The van der Waals surface area contributed by atoms with Crippen molar-refractivity contribution in [3.05, 3.63) is 35.4 Å². The monoisotopic (exact) mass is 391 g/mol. The maximum atomic E-state index is 12.9. The van der Waals surface area contributed by atoms with Gasteiger partial charge in [-0.25, -0.2) is 12.7 Å². The third-order valence-electron chi connectivity index (χ3n) is 6.19. The topological polar surface area (TPSA) is 78.5 Å². The molecule has 27 heavy (non-hydrogen) atoms. The average molecular weight is 392 g/mol. The van der Waals surface area contributed by atoms with Gasteiger partial charge in [-0.2, -0.15) is 0 Å². The smallest absolute Gasteiger partial charge is 0.237 e. The van der Waals surface area contributed by atoms with Crippen molar-refractivity contribution in [2.45, 2.75) is 62.3 Å². The summed E-state index contributed by atoms with van der Waals surface area (Å²) >= 11 is 0. The zero-order valence-corrected chi connectivity index (χ0v) is 16.5. The number of fused-ring (bicyclic) bond motifs is 1. The number of hydrogen-bond donors (Lipinski definition) is 2. The molecule has 1 aromatic rings. The quantitative estimate of drug-likeness (QED) is 0.819. The Morgan fingerprint density at radius 1 is 1.11 bits per heavy atom. The lowest BCUT2D eigenvalue weighted by atomic mass is 9.87. The van der Waals surface area contributed by atoms with Gasteiger partial charge in [-0.3, -0.25) is 4.79 Å². The number of aryl methyl sites for hydroxylation is 1. The Labute approximate surface area is 161 Å². The number of rotatable bonds is 4. The van der Waals surface area contributed by atoms with Gasteiger partial charge in [0.15, 0.2) is 0 Å². The Bertz CT molecular complexity index is 789. The van der Waals surface area contributed by atoms with E-state index in [9.17, 15) is 13.2 Å². The second kappa shape index (κ2) is 7.89. The number of carbonyl (C=O) groups is 1. The number of hydrogen-bond acceptors (Lipinski definition) is 4. The van der Waals surface area contributed by atoms with E-state index in [2.05, 4.69) is 22.8 Å². The van der Waals surface area contributed by atoms with E-state index >= 15 is 0 Å². The maximum absolute atomic E-state index is 12.9. The molecule has 1 amide bonds. The van der Waals surface area contributed by atoms with Crippen LogP contribution < -0.4 is 10.6 Å². The number of benzene rings is 1. The molecule has 3 aliphatic rings. The first-order chi connectivity index (χ1) is 13.1. The molecule has 2 heterocycles. The van der Waals surface area contributed by atoms with E-state index in [0.29, 0.717) is 26.1 Å². The molecule has 4 rings (SSSR count). The Balaban J connectivity index is 1.39. The van der Waals surface area contributed by atoms with Gasteiger partial charge in [-0.05, 0) is 49.7 Å². The second-order valence-corrected chi connectivity index (χ2v) is 10.2. The molecule has 0 radical (unpaired) electrons. The maximum Gasteiger partial charge on any atom is 0.237 e. The molecule has 2 aliphatic heterocycles. The molecule has 2 fully saturated rings. The molecule has 2 saturated heterocycles. The number of carbonyl (C=O) groups excluding carboxylic acids is 1. The lowest BCUT2D eigenvalue weighted by Crippen LogP contribution is -2.43. The van der Waals surface area contributed by atoms with Crippen LogP contribution in [0.5, 0.6) is 0 Å². The average Bonchev–Trinajstić information content (AvgIpc) is 3.20. The first-order valence-electron chi connectivity index (χ1n) is 10.2. The summed E-state index contributed by atoms with van der Waals surface area (Å²) in [5.41, 5.74) is 2.51. The highest BCUT2D eigenvalue weighted by molar-refractivity contribution is 7.89. The lowest BCUT2D eigenvalue weighted by Gasteiger charge is -2.28. The molecule has 1 aliphatic carbocycles. The minimum atomic E-state index is -3.32. The Hall–Kier alpha value is -1.44. The third kappa shape index (κ3) is 3.91. The summed E-state index contributed by atoms with van der Waals surface area (Å²) < 4.78 is 27.4. The van der Waals surface area contributed by atoms with Gasteiger partial charge in [-0.15, -0.1) is 0 Å². The van der Waals surface area contributed by atoms with Crippen LogP contribution in [0.25, 0.3) is 0 Å². The van der Waals surface area contributed by atoms with Crippen molar-refractivity contribution < 1.29 is 13.2 Å². The van der Waals surface area contributed by atoms with Crippen molar-refractivity contribution >= 4 is 15.9 Å². The minimum absolute atomic E-state index is 0.0296. The molecule has 148 valence electrons. The Morgan fingerprint density at radius 3 is 2.70 bits per heavy atom. The van der Waals surface area contributed by atoms with Crippen molar-refractivity contribution in [3.63, 3.8) is 0 Å². The van der Waals surface area contributed by atoms with Crippen molar-refractivity contribution in [3.8, 4) is 0 Å². The zero-order chi connectivity index (χ0) is 18.9. The van der Waals surface area contributed by atoms with Crippen LogP contribution in [0.2, 0.25) is 0 Å². The van der Waals surface area contributed by atoms with Crippen LogP contribution in [0.15, 0.2) is 24.3 Å². The SMILES string of the molecule is O=C(NC1CCCc2ccccc21)C1CC(S(=O)(=O)N2CCCCC2)CN1. The molecule has 6 nitrogen and oxygen atoms in total. The number of nitrogens with zero attached hydrogens (tertiary/aromatic N) is 1. The van der Waals surface area contributed by atoms with E-state index in [1.165, 1.54) is 11.1 Å². The molecule has 1 aromatic carbocycles. The summed E-state index contributed by atoms with van der Waals surface area (Å²) in [4.78, 5) is 12.8. The van der Waals surface area contributed by atoms with Crippen LogP contribution in [0.1, 0.15) is 55.7 Å². The highest BCUT2D eigenvalue weighted by atomic mass is 32.2. The predicted molar refractivity (Wildman–Crippen MR) is 105 cm³/mol. The molecule has 0 aromatic heterocycles. The number of sulfonamides is 1. The van der Waals surface area contributed by atoms with E-state index in [1.54, 1.807) is 4.31 Å². The molecule has 0 spiro atoms. The highest BCUT2D eigenvalue weighted by Gasteiger charge is 2.41. The summed E-state index contributed by atoms with van der Waals surface area (Å²) in [6.45, 7) is 1.60. The standard InChI is InChI=1S/C20H29N3O3S/c24-20(22-18-10-6-8-15-7-2-3-9-17(15)18)19-13-16(14-21-19)27(25,26)23-11-4-1-5-12-23/h2-3,7,9,16,18-19,21H,1,4-6,8,10-14H2,(H,22,24). The van der Waals surface area contributed by atoms with Gasteiger partial charge in [0, 0.05) is 19.6 Å². The summed E-state index contributed by atoms with van der Waals surface area (Å²) in [5.74, 6) is -0.0759. The van der Waals surface area contributed by atoms with Crippen molar-refractivity contribution in [2.24, 2.45) is 0 Å². The van der Waals surface area contributed by atoms with E-state index < -0.39 is 21.3 Å². The number of nitrogens with one attached hydrogen (secondary N) is 2. The zero-order valence-electron chi connectivity index (χ0n) is 15.7. The van der Waals surface area contributed by atoms with Gasteiger partial charge in [-0.1, -0.05) is 30.7 Å². The minimum Gasteiger partial charge on any atom is -0.348 e. The van der Waals surface area contributed by atoms with E-state index in [1.807, 2.05) is 12.1 Å². The molecule has 0 bridgehead atoms. The van der Waals surface area contributed by atoms with Crippen LogP contribution in [-0.4, -0.2) is 49.6 Å². The van der Waals surface area contributed by atoms with Crippen molar-refractivity contribution in [2.75, 3.05) is 19.6 Å². The molecule has 3 unspecified atom stereocenters. The largest absolute Gasteiger partial charge is 0.348 e. The molecular formula is C20H29N3O3S. The molecule has 2 N–H and O–H groups in total. The lowest BCUT2D eigenvalue weighted by molar-refractivity contribution is -0.123. The fourth-order valence-electron chi connectivity index (χ4n) is 4.64. The number of amides is 1. The number of piperidine rings is 1. The van der Waals surface area contributed by atoms with Crippen molar-refractivity contribution in [1.82, 2.24) is 14.9 Å². The molecular weight excluding hydrogens is 362 g/mol. The van der Waals surface area contributed by atoms with Crippen LogP contribution in [0, 0.1) is 0 Å². The first kappa shape index (κ1) is 18.9.